The highest BCUT2D eigenvalue weighted by Gasteiger charge is 2.23. The molecule has 0 saturated heterocycles. The minimum absolute atomic E-state index is 0.246. The van der Waals surface area contributed by atoms with Crippen molar-refractivity contribution >= 4 is 23.2 Å². The van der Waals surface area contributed by atoms with Crippen molar-refractivity contribution in [2.45, 2.75) is 18.9 Å². The second kappa shape index (κ2) is 6.59. The van der Waals surface area contributed by atoms with Gasteiger partial charge in [-0.25, -0.2) is 0 Å². The largest absolute Gasteiger partial charge is 0.388 e. The minimum Gasteiger partial charge on any atom is -0.388 e. The number of rotatable bonds is 4. The number of hydrogen-bond donors (Lipinski definition) is 2. The molecule has 106 valence electrons. The summed E-state index contributed by atoms with van der Waals surface area (Å²) in [6, 6.07) is 12.9. The van der Waals surface area contributed by atoms with Gasteiger partial charge in [0.05, 0.1) is 6.10 Å². The molecular weight excluding hydrogens is 293 g/mol. The highest BCUT2D eigenvalue weighted by Crippen LogP contribution is 2.35. The Hall–Kier alpha value is -1.06. The second-order valence-electron chi connectivity index (χ2n) is 4.82. The van der Waals surface area contributed by atoms with E-state index in [0.717, 1.165) is 16.7 Å². The van der Waals surface area contributed by atoms with Gasteiger partial charge >= 0.3 is 0 Å². The Balaban J connectivity index is 2.36. The minimum atomic E-state index is -0.712. The lowest BCUT2D eigenvalue weighted by atomic mass is 9.88. The third-order valence-electron chi connectivity index (χ3n) is 3.46. The van der Waals surface area contributed by atoms with Gasteiger partial charge in [-0.05, 0) is 35.7 Å². The molecule has 0 aliphatic heterocycles. The van der Waals surface area contributed by atoms with Crippen LogP contribution in [0, 0.1) is 6.92 Å². The van der Waals surface area contributed by atoms with Crippen LogP contribution in [0.3, 0.4) is 0 Å². The van der Waals surface area contributed by atoms with Gasteiger partial charge in [0.15, 0.2) is 0 Å². The quantitative estimate of drug-likeness (QED) is 0.894. The Kier molecular flexibility index (Phi) is 5.06. The van der Waals surface area contributed by atoms with Crippen LogP contribution in [-0.4, -0.2) is 11.7 Å². The van der Waals surface area contributed by atoms with Gasteiger partial charge in [-0.1, -0.05) is 53.5 Å². The van der Waals surface area contributed by atoms with Gasteiger partial charge in [-0.2, -0.15) is 0 Å². The monoisotopic (exact) mass is 309 g/mol. The lowest BCUT2D eigenvalue weighted by molar-refractivity contribution is 0.147. The van der Waals surface area contributed by atoms with Crippen molar-refractivity contribution in [3.05, 3.63) is 69.2 Å². The van der Waals surface area contributed by atoms with E-state index >= 15 is 0 Å². The fraction of sp³-hybridized carbons (Fsp3) is 0.250. The number of halogens is 2. The fourth-order valence-electron chi connectivity index (χ4n) is 2.29. The molecule has 2 atom stereocenters. The molecule has 20 heavy (non-hydrogen) atoms. The Labute approximate surface area is 129 Å². The average Bonchev–Trinajstić information content (AvgIpc) is 2.44. The molecule has 2 rings (SSSR count). The first kappa shape index (κ1) is 15.3. The maximum Gasteiger partial charge on any atom is 0.0871 e. The molecule has 0 aliphatic carbocycles. The predicted octanol–water partition coefficient (Wildman–Crippen LogP) is 4.08. The number of aryl methyl sites for hydroxylation is 1. The zero-order valence-corrected chi connectivity index (χ0v) is 12.7. The van der Waals surface area contributed by atoms with Crippen LogP contribution >= 0.6 is 23.2 Å². The molecule has 0 fully saturated rings. The van der Waals surface area contributed by atoms with E-state index in [0.29, 0.717) is 16.6 Å². The van der Waals surface area contributed by atoms with Crippen LogP contribution in [0.15, 0.2) is 42.5 Å². The first-order valence-electron chi connectivity index (χ1n) is 6.43. The summed E-state index contributed by atoms with van der Waals surface area (Å²) in [5.41, 5.74) is 8.42. The van der Waals surface area contributed by atoms with Gasteiger partial charge in [0, 0.05) is 22.5 Å². The first-order valence-corrected chi connectivity index (χ1v) is 7.18. The SMILES string of the molecule is Cc1cc(C(O)C(CN)c2ccccc2Cl)ccc1Cl. The lowest BCUT2D eigenvalue weighted by Crippen LogP contribution is -2.20. The number of nitrogens with two attached hydrogens (primary N) is 1. The predicted molar refractivity (Wildman–Crippen MR) is 84.4 cm³/mol. The van der Waals surface area contributed by atoms with Crippen LogP contribution in [0.25, 0.3) is 0 Å². The molecule has 0 aromatic heterocycles. The van der Waals surface area contributed by atoms with Crippen LogP contribution in [0.1, 0.15) is 28.7 Å². The summed E-state index contributed by atoms with van der Waals surface area (Å²) in [6.45, 7) is 2.22. The van der Waals surface area contributed by atoms with E-state index in [4.69, 9.17) is 28.9 Å². The zero-order valence-electron chi connectivity index (χ0n) is 11.2. The Morgan fingerprint density at radius 1 is 1.10 bits per heavy atom. The number of benzene rings is 2. The first-order chi connectivity index (χ1) is 9.54. The molecule has 0 heterocycles. The van der Waals surface area contributed by atoms with E-state index in [1.54, 1.807) is 12.1 Å². The van der Waals surface area contributed by atoms with Crippen LogP contribution in [0.4, 0.5) is 0 Å². The van der Waals surface area contributed by atoms with Crippen molar-refractivity contribution < 1.29 is 5.11 Å². The molecule has 0 radical (unpaired) electrons. The maximum absolute atomic E-state index is 10.6. The summed E-state index contributed by atoms with van der Waals surface area (Å²) in [5.74, 6) is -0.246. The Morgan fingerprint density at radius 3 is 2.40 bits per heavy atom. The average molecular weight is 310 g/mol. The number of aliphatic hydroxyl groups excluding tert-OH is 1. The Bertz CT molecular complexity index is 601. The number of aliphatic hydroxyl groups is 1. The van der Waals surface area contributed by atoms with E-state index < -0.39 is 6.10 Å². The third-order valence-corrected chi connectivity index (χ3v) is 4.23. The van der Waals surface area contributed by atoms with Gasteiger partial charge in [0.1, 0.15) is 0 Å². The summed E-state index contributed by atoms with van der Waals surface area (Å²) in [7, 11) is 0. The van der Waals surface area contributed by atoms with Crippen molar-refractivity contribution in [3.8, 4) is 0 Å². The van der Waals surface area contributed by atoms with Gasteiger partial charge in [-0.3, -0.25) is 0 Å². The molecule has 2 unspecified atom stereocenters. The smallest absolute Gasteiger partial charge is 0.0871 e. The van der Waals surface area contributed by atoms with Crippen LogP contribution in [0.2, 0.25) is 10.0 Å². The van der Waals surface area contributed by atoms with E-state index in [2.05, 4.69) is 0 Å². The van der Waals surface area contributed by atoms with Gasteiger partial charge in [0.2, 0.25) is 0 Å². The van der Waals surface area contributed by atoms with E-state index in [1.807, 2.05) is 37.3 Å². The van der Waals surface area contributed by atoms with E-state index in [1.165, 1.54) is 0 Å². The highest BCUT2D eigenvalue weighted by molar-refractivity contribution is 6.31. The highest BCUT2D eigenvalue weighted by atomic mass is 35.5. The van der Waals surface area contributed by atoms with Crippen molar-refractivity contribution in [3.63, 3.8) is 0 Å². The third kappa shape index (κ3) is 3.15. The second-order valence-corrected chi connectivity index (χ2v) is 5.63. The molecule has 3 N–H and O–H groups in total. The molecule has 0 saturated carbocycles. The molecule has 4 heteroatoms. The molecule has 2 nitrogen and oxygen atoms in total. The fourth-order valence-corrected chi connectivity index (χ4v) is 2.68. The zero-order chi connectivity index (χ0) is 14.7. The molecule has 0 bridgehead atoms. The molecule has 0 aliphatic rings. The summed E-state index contributed by atoms with van der Waals surface area (Å²) >= 11 is 12.2. The van der Waals surface area contributed by atoms with Gasteiger partial charge in [0.25, 0.3) is 0 Å². The van der Waals surface area contributed by atoms with Crippen LogP contribution < -0.4 is 5.73 Å². The van der Waals surface area contributed by atoms with Crippen molar-refractivity contribution in [1.82, 2.24) is 0 Å². The van der Waals surface area contributed by atoms with Gasteiger partial charge in [-0.15, -0.1) is 0 Å². The van der Waals surface area contributed by atoms with Gasteiger partial charge < -0.3 is 10.8 Å². The summed E-state index contributed by atoms with van der Waals surface area (Å²) in [4.78, 5) is 0. The molecule has 0 spiro atoms. The lowest BCUT2D eigenvalue weighted by Gasteiger charge is -2.23. The number of hydrogen-bond acceptors (Lipinski definition) is 2. The van der Waals surface area contributed by atoms with Crippen LogP contribution in [-0.2, 0) is 0 Å². The molecule has 0 amide bonds. The molecule has 2 aromatic carbocycles. The summed E-state index contributed by atoms with van der Waals surface area (Å²) < 4.78 is 0. The maximum atomic E-state index is 10.6. The van der Waals surface area contributed by atoms with Crippen LogP contribution in [0.5, 0.6) is 0 Å². The van der Waals surface area contributed by atoms with Crippen molar-refractivity contribution in [2.24, 2.45) is 5.73 Å². The normalized spacial score (nSPS) is 14.1. The summed E-state index contributed by atoms with van der Waals surface area (Å²) in [5, 5.41) is 11.9. The molecule has 2 aromatic rings. The van der Waals surface area contributed by atoms with E-state index in [9.17, 15) is 5.11 Å². The Morgan fingerprint density at radius 2 is 1.80 bits per heavy atom. The van der Waals surface area contributed by atoms with E-state index in [-0.39, 0.29) is 5.92 Å². The van der Waals surface area contributed by atoms with Crippen molar-refractivity contribution in [1.29, 1.82) is 0 Å². The summed E-state index contributed by atoms with van der Waals surface area (Å²) in [6.07, 6.45) is -0.712. The standard InChI is InChI=1S/C16H17Cl2NO/c1-10-8-11(6-7-14(10)17)16(20)13(9-19)12-4-2-3-5-15(12)18/h2-8,13,16,20H,9,19H2,1H3. The molecular formula is C16H17Cl2NO. The van der Waals surface area contributed by atoms with Crippen molar-refractivity contribution in [2.75, 3.05) is 6.54 Å². The topological polar surface area (TPSA) is 46.2 Å².